The number of aromatic hydroxyl groups is 4. The first-order valence-electron chi connectivity index (χ1n) is 16.8. The summed E-state index contributed by atoms with van der Waals surface area (Å²) >= 11 is 0. The molecule has 6 heteroatoms. The maximum absolute atomic E-state index is 11.5. The van der Waals surface area contributed by atoms with Crippen LogP contribution in [0.1, 0.15) is 66.8 Å². The molecular formula is C44H40O6. The number of hydrogen-bond acceptors (Lipinski definition) is 6. The normalized spacial score (nSPS) is 12.8. The second kappa shape index (κ2) is 13.9. The highest BCUT2D eigenvalue weighted by Gasteiger charge is 2.20. The molecule has 0 unspecified atom stereocenters. The van der Waals surface area contributed by atoms with Gasteiger partial charge in [0.05, 0.1) is 14.2 Å². The van der Waals surface area contributed by atoms with Gasteiger partial charge in [-0.05, 0) is 66.8 Å². The van der Waals surface area contributed by atoms with Gasteiger partial charge in [-0.15, -0.1) is 0 Å². The van der Waals surface area contributed by atoms with Gasteiger partial charge in [0.25, 0.3) is 0 Å². The molecule has 252 valence electrons. The summed E-state index contributed by atoms with van der Waals surface area (Å²) in [6.07, 6.45) is 2.42. The molecule has 0 fully saturated rings. The fourth-order valence-electron chi connectivity index (χ4n) is 7.31. The molecule has 50 heavy (non-hydrogen) atoms. The molecule has 0 saturated heterocycles. The topological polar surface area (TPSA) is 99.4 Å². The van der Waals surface area contributed by atoms with Crippen molar-refractivity contribution in [3.05, 3.63) is 176 Å². The second-order valence-electron chi connectivity index (χ2n) is 13.0. The summed E-state index contributed by atoms with van der Waals surface area (Å²) in [5, 5.41) is 46.0. The molecule has 1 aliphatic rings. The smallest absolute Gasteiger partial charge is 0.125 e. The Kier molecular flexibility index (Phi) is 9.09. The van der Waals surface area contributed by atoms with Gasteiger partial charge in [-0.25, -0.2) is 0 Å². The van der Waals surface area contributed by atoms with E-state index in [0.29, 0.717) is 72.3 Å². The Hall–Kier alpha value is -5.88. The van der Waals surface area contributed by atoms with Crippen LogP contribution < -0.4 is 9.47 Å². The maximum Gasteiger partial charge on any atom is 0.125 e. The fourth-order valence-corrected chi connectivity index (χ4v) is 7.31. The van der Waals surface area contributed by atoms with Crippen LogP contribution in [0.25, 0.3) is 0 Å². The quantitative estimate of drug-likeness (QED) is 0.148. The summed E-state index contributed by atoms with van der Waals surface area (Å²) in [4.78, 5) is 0. The zero-order chi connectivity index (χ0) is 34.8. The number of ether oxygens (including phenoxy) is 2. The van der Waals surface area contributed by atoms with E-state index in [0.717, 1.165) is 44.5 Å². The van der Waals surface area contributed by atoms with Crippen molar-refractivity contribution in [3.8, 4) is 34.5 Å². The van der Waals surface area contributed by atoms with E-state index in [1.807, 2.05) is 109 Å². The van der Waals surface area contributed by atoms with Gasteiger partial charge in [0.1, 0.15) is 34.5 Å². The zero-order valence-electron chi connectivity index (χ0n) is 28.2. The van der Waals surface area contributed by atoms with Gasteiger partial charge < -0.3 is 29.9 Å². The monoisotopic (exact) mass is 664 g/mol. The third-order valence-corrected chi connectivity index (χ3v) is 9.86. The van der Waals surface area contributed by atoms with Crippen LogP contribution in [-0.2, 0) is 38.5 Å². The minimum absolute atomic E-state index is 0.186. The zero-order valence-corrected chi connectivity index (χ0v) is 28.2. The molecule has 7 rings (SSSR count). The predicted octanol–water partition coefficient (Wildman–Crippen LogP) is 8.38. The van der Waals surface area contributed by atoms with E-state index in [-0.39, 0.29) is 23.0 Å². The first-order chi connectivity index (χ1) is 24.3. The SMILES string of the molecule is COc1c2cccc1Cc1cccc(c1O)Cc1cccc(c1O)Cc1cccc(c1OC)Cc1cccc(c1O)Cc1cccc(c1O)C2. The van der Waals surface area contributed by atoms with E-state index in [1.54, 1.807) is 14.2 Å². The molecule has 6 aromatic carbocycles. The van der Waals surface area contributed by atoms with Gasteiger partial charge >= 0.3 is 0 Å². The molecule has 6 aromatic rings. The van der Waals surface area contributed by atoms with Gasteiger partial charge in [-0.3, -0.25) is 0 Å². The number of methoxy groups -OCH3 is 2. The number of para-hydroxylation sites is 6. The summed E-state index contributed by atoms with van der Waals surface area (Å²) < 4.78 is 11.9. The predicted molar refractivity (Wildman–Crippen MR) is 195 cm³/mol. The third kappa shape index (κ3) is 6.32. The molecule has 0 spiro atoms. The van der Waals surface area contributed by atoms with E-state index < -0.39 is 0 Å². The number of phenols is 4. The van der Waals surface area contributed by atoms with Crippen molar-refractivity contribution in [1.29, 1.82) is 0 Å². The van der Waals surface area contributed by atoms with Crippen LogP contribution in [-0.4, -0.2) is 34.6 Å². The van der Waals surface area contributed by atoms with Crippen molar-refractivity contribution in [3.63, 3.8) is 0 Å². The Bertz CT molecular complexity index is 1900. The number of benzene rings is 6. The maximum atomic E-state index is 11.5. The molecule has 0 atom stereocenters. The Morgan fingerprint density at radius 3 is 0.640 bits per heavy atom. The highest BCUT2D eigenvalue weighted by Crippen LogP contribution is 2.38. The molecule has 0 aromatic heterocycles. The number of hydrogen-bond donors (Lipinski definition) is 4. The lowest BCUT2D eigenvalue weighted by Gasteiger charge is -2.18. The average molecular weight is 665 g/mol. The fraction of sp³-hybridized carbons (Fsp3) is 0.182. The van der Waals surface area contributed by atoms with Crippen LogP contribution in [0.15, 0.2) is 109 Å². The molecule has 0 saturated carbocycles. The van der Waals surface area contributed by atoms with Crippen molar-refractivity contribution in [2.45, 2.75) is 38.5 Å². The summed E-state index contributed by atoms with van der Waals surface area (Å²) in [5.41, 5.74) is 9.46. The van der Waals surface area contributed by atoms with Crippen molar-refractivity contribution < 1.29 is 29.9 Å². The minimum atomic E-state index is 0.186. The molecule has 6 nitrogen and oxygen atoms in total. The molecule has 1 aliphatic carbocycles. The lowest BCUT2D eigenvalue weighted by atomic mass is 9.91. The van der Waals surface area contributed by atoms with Crippen LogP contribution >= 0.6 is 0 Å². The van der Waals surface area contributed by atoms with E-state index in [2.05, 4.69) is 0 Å². The number of fused-ring (bicyclic) bond motifs is 12. The largest absolute Gasteiger partial charge is 0.507 e. The Morgan fingerprint density at radius 1 is 0.300 bits per heavy atom. The van der Waals surface area contributed by atoms with Gasteiger partial charge in [0, 0.05) is 38.5 Å². The highest BCUT2D eigenvalue weighted by molar-refractivity contribution is 5.56. The first kappa shape index (κ1) is 32.7. The van der Waals surface area contributed by atoms with Gasteiger partial charge in [-0.2, -0.15) is 0 Å². The van der Waals surface area contributed by atoms with E-state index >= 15 is 0 Å². The van der Waals surface area contributed by atoms with Crippen LogP contribution in [0.5, 0.6) is 34.5 Å². The summed E-state index contributed by atoms with van der Waals surface area (Å²) in [5.74, 6) is 2.14. The Balaban J connectivity index is 1.37. The molecule has 0 amide bonds. The second-order valence-corrected chi connectivity index (χ2v) is 13.0. The summed E-state index contributed by atoms with van der Waals surface area (Å²) in [6, 6.07) is 34.8. The lowest BCUT2D eigenvalue weighted by Crippen LogP contribution is -2.03. The van der Waals surface area contributed by atoms with Crippen LogP contribution in [0, 0.1) is 0 Å². The van der Waals surface area contributed by atoms with Crippen molar-refractivity contribution in [2.24, 2.45) is 0 Å². The minimum Gasteiger partial charge on any atom is -0.507 e. The van der Waals surface area contributed by atoms with Crippen LogP contribution in [0.3, 0.4) is 0 Å². The van der Waals surface area contributed by atoms with E-state index in [9.17, 15) is 20.4 Å². The molecule has 0 radical (unpaired) electrons. The Morgan fingerprint density at radius 2 is 0.460 bits per heavy atom. The van der Waals surface area contributed by atoms with Crippen molar-refractivity contribution >= 4 is 0 Å². The summed E-state index contributed by atoms with van der Waals surface area (Å²) in [6.45, 7) is 0. The first-order valence-corrected chi connectivity index (χ1v) is 16.8. The molecular weight excluding hydrogens is 624 g/mol. The summed E-state index contributed by atoms with van der Waals surface area (Å²) in [7, 11) is 3.28. The van der Waals surface area contributed by atoms with Gasteiger partial charge in [-0.1, -0.05) is 109 Å². The average Bonchev–Trinajstić information content (AvgIpc) is 3.11. The van der Waals surface area contributed by atoms with Crippen molar-refractivity contribution in [1.82, 2.24) is 0 Å². The van der Waals surface area contributed by atoms with Crippen LogP contribution in [0.4, 0.5) is 0 Å². The molecule has 0 heterocycles. The molecule has 0 aliphatic heterocycles. The van der Waals surface area contributed by atoms with E-state index in [1.165, 1.54) is 0 Å². The highest BCUT2D eigenvalue weighted by atomic mass is 16.5. The standard InChI is InChI=1S/C44H40O6/c1-49-43-35-17-7-18-36(43)24-32-14-4-10-28(40(32)46)22-30-12-6-16-34(42(30)48)26-38-20-8-19-37(44(38)50-2)25-33-15-5-11-29(41(33)47)21-27-9-3-13-31(23-35)39(27)45/h3-20,45-48H,21-26H2,1-2H3. The van der Waals surface area contributed by atoms with Crippen LogP contribution in [0.2, 0.25) is 0 Å². The third-order valence-electron chi connectivity index (χ3n) is 9.86. The van der Waals surface area contributed by atoms with Gasteiger partial charge in [0.15, 0.2) is 0 Å². The Labute approximate surface area is 292 Å². The lowest BCUT2D eigenvalue weighted by molar-refractivity contribution is 0.405. The number of phenolic OH excluding ortho intramolecular Hbond substituents is 4. The van der Waals surface area contributed by atoms with Gasteiger partial charge in [0.2, 0.25) is 0 Å². The number of rotatable bonds is 2. The van der Waals surface area contributed by atoms with E-state index in [4.69, 9.17) is 9.47 Å². The molecule has 4 N–H and O–H groups in total. The van der Waals surface area contributed by atoms with Crippen molar-refractivity contribution in [2.75, 3.05) is 14.2 Å². The molecule has 12 bridgehead atoms.